The molecule has 1 aromatic heterocycles. The highest BCUT2D eigenvalue weighted by atomic mass is 16.2. The van der Waals surface area contributed by atoms with Crippen molar-refractivity contribution in [2.45, 2.75) is 26.8 Å². The summed E-state index contributed by atoms with van der Waals surface area (Å²) in [6.45, 7) is 6.68. The summed E-state index contributed by atoms with van der Waals surface area (Å²) in [7, 11) is 1.58. The second-order valence-electron chi connectivity index (χ2n) is 8.57. The SMILES string of the molecule is CNC(=O)c1cccc(C2CN(C(C)=O)CCN2C(=O)c2cccc(-n3nc(C)cc3C)c2)c1. The minimum absolute atomic E-state index is 0.0360. The van der Waals surface area contributed by atoms with Gasteiger partial charge in [-0.15, -0.1) is 0 Å². The molecular weight excluding hydrogens is 430 g/mol. The zero-order valence-corrected chi connectivity index (χ0v) is 19.9. The van der Waals surface area contributed by atoms with Gasteiger partial charge in [0, 0.05) is 50.4 Å². The molecule has 0 aliphatic carbocycles. The number of hydrogen-bond donors (Lipinski definition) is 1. The average molecular weight is 460 g/mol. The standard InChI is InChI=1S/C26H29N5O3/c1-17-13-18(2)31(28-17)23-10-6-9-22(15-23)26(34)30-12-11-29(19(3)32)16-24(30)20-7-5-8-21(14-20)25(33)27-4/h5-10,13-15,24H,11-12,16H2,1-4H3,(H,27,33). The van der Waals surface area contributed by atoms with E-state index in [-0.39, 0.29) is 23.8 Å². The fraction of sp³-hybridized carbons (Fsp3) is 0.308. The fourth-order valence-corrected chi connectivity index (χ4v) is 4.46. The lowest BCUT2D eigenvalue weighted by molar-refractivity contribution is -0.131. The maximum Gasteiger partial charge on any atom is 0.254 e. The third-order valence-electron chi connectivity index (χ3n) is 6.19. The largest absolute Gasteiger partial charge is 0.355 e. The minimum Gasteiger partial charge on any atom is -0.355 e. The molecule has 2 aromatic carbocycles. The number of aromatic nitrogens is 2. The lowest BCUT2D eigenvalue weighted by atomic mass is 9.98. The molecule has 4 rings (SSSR count). The Bertz CT molecular complexity index is 1250. The molecule has 0 radical (unpaired) electrons. The number of rotatable bonds is 4. The Kier molecular flexibility index (Phi) is 6.49. The molecule has 3 amide bonds. The lowest BCUT2D eigenvalue weighted by Gasteiger charge is -2.41. The number of nitrogens with zero attached hydrogens (tertiary/aromatic N) is 4. The van der Waals surface area contributed by atoms with Gasteiger partial charge in [-0.2, -0.15) is 5.10 Å². The molecule has 34 heavy (non-hydrogen) atoms. The molecule has 1 saturated heterocycles. The van der Waals surface area contributed by atoms with Crippen molar-refractivity contribution >= 4 is 17.7 Å². The van der Waals surface area contributed by atoms with E-state index < -0.39 is 0 Å². The van der Waals surface area contributed by atoms with Crippen LogP contribution < -0.4 is 5.32 Å². The maximum absolute atomic E-state index is 13.7. The van der Waals surface area contributed by atoms with Crippen LogP contribution in [0.4, 0.5) is 0 Å². The molecule has 8 nitrogen and oxygen atoms in total. The van der Waals surface area contributed by atoms with E-state index in [0.29, 0.717) is 30.8 Å². The zero-order valence-electron chi connectivity index (χ0n) is 19.9. The predicted octanol–water partition coefficient (Wildman–Crippen LogP) is 2.89. The first kappa shape index (κ1) is 23.2. The van der Waals surface area contributed by atoms with E-state index in [9.17, 15) is 14.4 Å². The van der Waals surface area contributed by atoms with Gasteiger partial charge in [0.15, 0.2) is 0 Å². The van der Waals surface area contributed by atoms with Gasteiger partial charge in [0.25, 0.3) is 11.8 Å². The first-order valence-electron chi connectivity index (χ1n) is 11.3. The number of hydrogen-bond acceptors (Lipinski definition) is 4. The van der Waals surface area contributed by atoms with Gasteiger partial charge in [-0.1, -0.05) is 18.2 Å². The monoisotopic (exact) mass is 459 g/mol. The molecule has 176 valence electrons. The van der Waals surface area contributed by atoms with E-state index >= 15 is 0 Å². The van der Waals surface area contributed by atoms with Gasteiger partial charge >= 0.3 is 0 Å². The number of nitrogens with one attached hydrogen (secondary N) is 1. The number of carbonyl (C=O) groups is 3. The molecule has 1 aliphatic heterocycles. The van der Waals surface area contributed by atoms with Crippen LogP contribution in [-0.2, 0) is 4.79 Å². The molecule has 0 spiro atoms. The Labute approximate surface area is 199 Å². The second-order valence-corrected chi connectivity index (χ2v) is 8.57. The van der Waals surface area contributed by atoms with Crippen LogP contribution in [0.1, 0.15) is 50.6 Å². The summed E-state index contributed by atoms with van der Waals surface area (Å²) in [5.41, 5.74) is 4.59. The summed E-state index contributed by atoms with van der Waals surface area (Å²) in [6.07, 6.45) is 0. The Morgan fingerprint density at radius 3 is 2.38 bits per heavy atom. The highest BCUT2D eigenvalue weighted by Gasteiger charge is 2.33. The maximum atomic E-state index is 13.7. The van der Waals surface area contributed by atoms with E-state index in [1.807, 2.05) is 48.9 Å². The van der Waals surface area contributed by atoms with Crippen molar-refractivity contribution in [2.75, 3.05) is 26.7 Å². The molecule has 8 heteroatoms. The third-order valence-corrected chi connectivity index (χ3v) is 6.19. The van der Waals surface area contributed by atoms with Gasteiger partial charge in [0.2, 0.25) is 5.91 Å². The van der Waals surface area contributed by atoms with Crippen LogP contribution in [0.15, 0.2) is 54.6 Å². The van der Waals surface area contributed by atoms with E-state index in [1.165, 1.54) is 6.92 Å². The van der Waals surface area contributed by atoms with Crippen LogP contribution >= 0.6 is 0 Å². The molecule has 1 fully saturated rings. The van der Waals surface area contributed by atoms with Crippen LogP contribution in [-0.4, -0.2) is 64.0 Å². The van der Waals surface area contributed by atoms with Crippen LogP contribution in [0.2, 0.25) is 0 Å². The number of amides is 3. The van der Waals surface area contributed by atoms with Crippen molar-refractivity contribution in [1.29, 1.82) is 0 Å². The van der Waals surface area contributed by atoms with E-state index in [2.05, 4.69) is 10.4 Å². The van der Waals surface area contributed by atoms with Gasteiger partial charge < -0.3 is 15.1 Å². The van der Waals surface area contributed by atoms with Crippen LogP contribution in [0.3, 0.4) is 0 Å². The van der Waals surface area contributed by atoms with E-state index in [0.717, 1.165) is 22.6 Å². The Morgan fingerprint density at radius 2 is 1.71 bits per heavy atom. The van der Waals surface area contributed by atoms with E-state index in [4.69, 9.17) is 0 Å². The summed E-state index contributed by atoms with van der Waals surface area (Å²) < 4.78 is 1.82. The molecular formula is C26H29N5O3. The van der Waals surface area contributed by atoms with Crippen LogP contribution in [0.5, 0.6) is 0 Å². The minimum atomic E-state index is -0.368. The quantitative estimate of drug-likeness (QED) is 0.650. The van der Waals surface area contributed by atoms with Crippen molar-refractivity contribution in [3.8, 4) is 5.69 Å². The first-order chi connectivity index (χ1) is 16.3. The summed E-state index contributed by atoms with van der Waals surface area (Å²) >= 11 is 0. The Morgan fingerprint density at radius 1 is 0.971 bits per heavy atom. The van der Waals surface area contributed by atoms with Crippen molar-refractivity contribution in [2.24, 2.45) is 0 Å². The van der Waals surface area contributed by atoms with Crippen molar-refractivity contribution in [3.63, 3.8) is 0 Å². The normalized spacial score (nSPS) is 15.8. The highest BCUT2D eigenvalue weighted by molar-refractivity contribution is 5.96. The van der Waals surface area contributed by atoms with Gasteiger partial charge in [-0.25, -0.2) is 4.68 Å². The van der Waals surface area contributed by atoms with E-state index in [1.54, 1.807) is 41.1 Å². The summed E-state index contributed by atoms with van der Waals surface area (Å²) in [4.78, 5) is 41.6. The molecule has 3 aromatic rings. The number of carbonyl (C=O) groups excluding carboxylic acids is 3. The summed E-state index contributed by atoms with van der Waals surface area (Å²) in [5.74, 6) is -0.357. The smallest absolute Gasteiger partial charge is 0.254 e. The molecule has 1 unspecified atom stereocenters. The molecule has 1 N–H and O–H groups in total. The molecule has 1 aliphatic rings. The number of aryl methyl sites for hydroxylation is 2. The van der Waals surface area contributed by atoms with Gasteiger partial charge in [-0.05, 0) is 55.8 Å². The van der Waals surface area contributed by atoms with Crippen LogP contribution in [0.25, 0.3) is 5.69 Å². The highest BCUT2D eigenvalue weighted by Crippen LogP contribution is 2.28. The van der Waals surface area contributed by atoms with Crippen molar-refractivity contribution in [1.82, 2.24) is 24.9 Å². The summed E-state index contributed by atoms with van der Waals surface area (Å²) in [5, 5.41) is 7.16. The number of benzene rings is 2. The predicted molar refractivity (Wildman–Crippen MR) is 129 cm³/mol. The van der Waals surface area contributed by atoms with Crippen molar-refractivity contribution < 1.29 is 14.4 Å². The Balaban J connectivity index is 1.69. The molecule has 0 bridgehead atoms. The molecule has 1 atom stereocenters. The van der Waals surface area contributed by atoms with Crippen LogP contribution in [0, 0.1) is 13.8 Å². The first-order valence-corrected chi connectivity index (χ1v) is 11.3. The molecule has 0 saturated carbocycles. The van der Waals surface area contributed by atoms with Gasteiger partial charge in [0.1, 0.15) is 0 Å². The topological polar surface area (TPSA) is 87.5 Å². The van der Waals surface area contributed by atoms with Gasteiger partial charge in [-0.3, -0.25) is 14.4 Å². The molecule has 2 heterocycles. The zero-order chi connectivity index (χ0) is 24.4. The van der Waals surface area contributed by atoms with Crippen molar-refractivity contribution in [3.05, 3.63) is 82.7 Å². The summed E-state index contributed by atoms with van der Waals surface area (Å²) in [6, 6.07) is 16.3. The third kappa shape index (κ3) is 4.57. The average Bonchev–Trinajstić information content (AvgIpc) is 3.20. The van der Waals surface area contributed by atoms with Gasteiger partial charge in [0.05, 0.1) is 17.4 Å². The Hall–Kier alpha value is -3.94. The number of piperazine rings is 1. The lowest BCUT2D eigenvalue weighted by Crippen LogP contribution is -2.52. The fourth-order valence-electron chi connectivity index (χ4n) is 4.46. The second kappa shape index (κ2) is 9.51.